The van der Waals surface area contributed by atoms with Crippen molar-refractivity contribution in [1.29, 1.82) is 0 Å². The van der Waals surface area contributed by atoms with Gasteiger partial charge in [-0.1, -0.05) is 47.6 Å². The van der Waals surface area contributed by atoms with E-state index in [4.69, 9.17) is 4.84 Å². The van der Waals surface area contributed by atoms with Crippen molar-refractivity contribution in [3.8, 4) is 0 Å². The number of nitrogens with zero attached hydrogens (tertiary/aromatic N) is 1. The molecule has 2 aliphatic rings. The lowest BCUT2D eigenvalue weighted by atomic mass is 10.0. The molecule has 2 aliphatic heterocycles. The van der Waals surface area contributed by atoms with Gasteiger partial charge in [-0.05, 0) is 29.7 Å². The Morgan fingerprint density at radius 1 is 1.27 bits per heavy atom. The average molecular weight is 349 g/mol. The molecule has 0 unspecified atom stereocenters. The second-order valence-corrected chi connectivity index (χ2v) is 6.58. The van der Waals surface area contributed by atoms with Crippen LogP contribution in [0.4, 0.5) is 5.69 Å². The standard InChI is InChI=1S/C20H19N3O3/c1-12(14-7-8-16-15(9-14)10-19(24)22-16)21-20(25)17-11-18(26-23-17)13-5-3-2-4-6-13/h2-9,12,18H,10-11H2,1H3,(H,21,25)(H,22,24)/t12-,18+/m0/s1. The molecule has 0 fully saturated rings. The maximum Gasteiger partial charge on any atom is 0.269 e. The first-order valence-electron chi connectivity index (χ1n) is 8.61. The SMILES string of the molecule is C[C@H](NC(=O)C1=NO[C@@H](c2ccccc2)C1)c1ccc2c(c1)CC(=O)N2. The average Bonchev–Trinajstić information content (AvgIpc) is 3.27. The largest absolute Gasteiger partial charge is 0.387 e. The van der Waals surface area contributed by atoms with Gasteiger partial charge in [0.25, 0.3) is 5.91 Å². The summed E-state index contributed by atoms with van der Waals surface area (Å²) in [5.74, 6) is -0.233. The van der Waals surface area contributed by atoms with Crippen molar-refractivity contribution in [3.63, 3.8) is 0 Å². The van der Waals surface area contributed by atoms with Crippen molar-refractivity contribution in [2.75, 3.05) is 5.32 Å². The van der Waals surface area contributed by atoms with Crippen LogP contribution in [0.5, 0.6) is 0 Å². The Balaban J connectivity index is 1.39. The second kappa shape index (κ2) is 6.63. The summed E-state index contributed by atoms with van der Waals surface area (Å²) in [7, 11) is 0. The molecule has 0 radical (unpaired) electrons. The van der Waals surface area contributed by atoms with Gasteiger partial charge >= 0.3 is 0 Å². The van der Waals surface area contributed by atoms with Crippen molar-refractivity contribution in [2.45, 2.75) is 31.9 Å². The van der Waals surface area contributed by atoms with Crippen LogP contribution < -0.4 is 10.6 Å². The monoisotopic (exact) mass is 349 g/mol. The number of rotatable bonds is 4. The van der Waals surface area contributed by atoms with Crippen LogP contribution in [0.25, 0.3) is 0 Å². The van der Waals surface area contributed by atoms with E-state index < -0.39 is 0 Å². The molecule has 2 aromatic rings. The molecule has 0 saturated carbocycles. The molecular weight excluding hydrogens is 330 g/mol. The van der Waals surface area contributed by atoms with Crippen LogP contribution in [0.2, 0.25) is 0 Å². The summed E-state index contributed by atoms with van der Waals surface area (Å²) in [5.41, 5.74) is 4.15. The Hall–Kier alpha value is -3.15. The highest BCUT2D eigenvalue weighted by molar-refractivity contribution is 6.39. The molecule has 0 bridgehead atoms. The molecule has 0 aromatic heterocycles. The highest BCUT2D eigenvalue weighted by Crippen LogP contribution is 2.28. The predicted octanol–water partition coefficient (Wildman–Crippen LogP) is 2.88. The summed E-state index contributed by atoms with van der Waals surface area (Å²) < 4.78 is 0. The first kappa shape index (κ1) is 16.3. The Morgan fingerprint density at radius 3 is 2.88 bits per heavy atom. The van der Waals surface area contributed by atoms with E-state index in [1.807, 2.05) is 55.5 Å². The van der Waals surface area contributed by atoms with Gasteiger partial charge in [0.05, 0.1) is 12.5 Å². The molecule has 2 amide bonds. The Bertz CT molecular complexity index is 892. The highest BCUT2D eigenvalue weighted by Gasteiger charge is 2.28. The molecule has 0 aliphatic carbocycles. The van der Waals surface area contributed by atoms with Gasteiger partial charge in [0.1, 0.15) is 5.71 Å². The van der Waals surface area contributed by atoms with Crippen molar-refractivity contribution >= 4 is 23.2 Å². The highest BCUT2D eigenvalue weighted by atomic mass is 16.6. The third kappa shape index (κ3) is 3.18. The van der Waals surface area contributed by atoms with Gasteiger partial charge in [0, 0.05) is 12.1 Å². The van der Waals surface area contributed by atoms with Crippen molar-refractivity contribution in [3.05, 3.63) is 65.2 Å². The second-order valence-electron chi connectivity index (χ2n) is 6.58. The van der Waals surface area contributed by atoms with Gasteiger partial charge in [0.15, 0.2) is 6.10 Å². The molecule has 2 N–H and O–H groups in total. The molecule has 0 saturated heterocycles. The summed E-state index contributed by atoms with van der Waals surface area (Å²) in [5, 5.41) is 9.72. The fourth-order valence-electron chi connectivity index (χ4n) is 3.24. The van der Waals surface area contributed by atoms with Crippen LogP contribution in [-0.2, 0) is 20.8 Å². The number of carbonyl (C=O) groups is 2. The van der Waals surface area contributed by atoms with Crippen molar-refractivity contribution < 1.29 is 14.4 Å². The fraction of sp³-hybridized carbons (Fsp3) is 0.250. The van der Waals surface area contributed by atoms with Crippen LogP contribution in [0.1, 0.15) is 42.2 Å². The number of benzene rings is 2. The normalized spacial score (nSPS) is 19.2. The number of nitrogens with one attached hydrogen (secondary N) is 2. The fourth-order valence-corrected chi connectivity index (χ4v) is 3.24. The minimum atomic E-state index is -0.231. The van der Waals surface area contributed by atoms with E-state index in [9.17, 15) is 9.59 Å². The van der Waals surface area contributed by atoms with Crippen LogP contribution in [0, 0.1) is 0 Å². The number of anilines is 1. The summed E-state index contributed by atoms with van der Waals surface area (Å²) in [4.78, 5) is 29.4. The molecule has 132 valence electrons. The topological polar surface area (TPSA) is 79.8 Å². The van der Waals surface area contributed by atoms with Gasteiger partial charge in [-0.15, -0.1) is 0 Å². The lowest BCUT2D eigenvalue weighted by Crippen LogP contribution is -2.32. The zero-order chi connectivity index (χ0) is 18.1. The quantitative estimate of drug-likeness (QED) is 0.891. The number of hydrogen-bond acceptors (Lipinski definition) is 4. The summed E-state index contributed by atoms with van der Waals surface area (Å²) in [6, 6.07) is 15.3. The third-order valence-corrected chi connectivity index (χ3v) is 4.70. The minimum absolute atomic E-state index is 0.00162. The molecule has 2 aromatic carbocycles. The van der Waals surface area contributed by atoms with E-state index in [1.54, 1.807) is 0 Å². The molecule has 0 spiro atoms. The minimum Gasteiger partial charge on any atom is -0.387 e. The lowest BCUT2D eigenvalue weighted by Gasteiger charge is -2.15. The van der Waals surface area contributed by atoms with Gasteiger partial charge in [-0.2, -0.15) is 0 Å². The predicted molar refractivity (Wildman–Crippen MR) is 97.7 cm³/mol. The molecule has 6 nitrogen and oxygen atoms in total. The maximum atomic E-state index is 12.5. The molecule has 4 rings (SSSR count). The molecule has 2 atom stereocenters. The van der Waals surface area contributed by atoms with Crippen LogP contribution in [0.3, 0.4) is 0 Å². The number of hydrogen-bond donors (Lipinski definition) is 2. The van der Waals surface area contributed by atoms with Crippen LogP contribution in [-0.4, -0.2) is 17.5 Å². The van der Waals surface area contributed by atoms with E-state index in [1.165, 1.54) is 0 Å². The third-order valence-electron chi connectivity index (χ3n) is 4.70. The van der Waals surface area contributed by atoms with Crippen molar-refractivity contribution in [1.82, 2.24) is 5.32 Å². The maximum absolute atomic E-state index is 12.5. The Morgan fingerprint density at radius 2 is 2.08 bits per heavy atom. The zero-order valence-electron chi connectivity index (χ0n) is 14.4. The molecule has 6 heteroatoms. The Kier molecular flexibility index (Phi) is 4.16. The van der Waals surface area contributed by atoms with Gasteiger partial charge in [-0.3, -0.25) is 9.59 Å². The lowest BCUT2D eigenvalue weighted by molar-refractivity contribution is -0.116. The van der Waals surface area contributed by atoms with E-state index >= 15 is 0 Å². The number of oxime groups is 1. The first-order valence-corrected chi connectivity index (χ1v) is 8.61. The molecular formula is C20H19N3O3. The van der Waals surface area contributed by atoms with Gasteiger partial charge < -0.3 is 15.5 Å². The van der Waals surface area contributed by atoms with E-state index in [2.05, 4.69) is 15.8 Å². The van der Waals surface area contributed by atoms with E-state index in [-0.39, 0.29) is 24.0 Å². The van der Waals surface area contributed by atoms with Crippen LogP contribution in [0.15, 0.2) is 53.7 Å². The zero-order valence-corrected chi connectivity index (χ0v) is 14.4. The van der Waals surface area contributed by atoms with Gasteiger partial charge in [0.2, 0.25) is 5.91 Å². The Labute approximate surface area is 151 Å². The molecule has 26 heavy (non-hydrogen) atoms. The number of fused-ring (bicyclic) bond motifs is 1. The van der Waals surface area contributed by atoms with E-state index in [0.29, 0.717) is 18.6 Å². The number of carbonyl (C=O) groups excluding carboxylic acids is 2. The van der Waals surface area contributed by atoms with E-state index in [0.717, 1.165) is 22.4 Å². The summed E-state index contributed by atoms with van der Waals surface area (Å²) in [6.45, 7) is 1.91. The van der Waals surface area contributed by atoms with Crippen LogP contribution >= 0.6 is 0 Å². The summed E-state index contributed by atoms with van der Waals surface area (Å²) in [6.07, 6.45) is 0.609. The number of amides is 2. The summed E-state index contributed by atoms with van der Waals surface area (Å²) >= 11 is 0. The van der Waals surface area contributed by atoms with Crippen molar-refractivity contribution in [2.24, 2.45) is 5.16 Å². The first-order chi connectivity index (χ1) is 12.6. The smallest absolute Gasteiger partial charge is 0.269 e. The molecule has 2 heterocycles. The van der Waals surface area contributed by atoms with Gasteiger partial charge in [-0.25, -0.2) is 0 Å².